The molecule has 1 aromatic rings. The second-order valence-corrected chi connectivity index (χ2v) is 5.98. The lowest BCUT2D eigenvalue weighted by Crippen LogP contribution is -2.47. The number of anilines is 1. The molecule has 1 amide bonds. The molecule has 0 unspecified atom stereocenters. The van der Waals surface area contributed by atoms with E-state index in [4.69, 9.17) is 18.0 Å². The highest BCUT2D eigenvalue weighted by Crippen LogP contribution is 2.38. The second kappa shape index (κ2) is 6.05. The predicted octanol–water partition coefficient (Wildman–Crippen LogP) is 3.45. The molecule has 0 saturated heterocycles. The van der Waals surface area contributed by atoms with E-state index in [1.165, 1.54) is 6.92 Å². The highest BCUT2D eigenvalue weighted by Gasteiger charge is 2.42. The van der Waals surface area contributed by atoms with Gasteiger partial charge in [0.2, 0.25) is 5.91 Å². The van der Waals surface area contributed by atoms with Crippen LogP contribution in [0.1, 0.15) is 37.7 Å². The van der Waals surface area contributed by atoms with Gasteiger partial charge >= 0.3 is 0 Å². The molecule has 6 heteroatoms. The molecular weight excluding hydrogens is 294 g/mol. The molecule has 0 aromatic heterocycles. The van der Waals surface area contributed by atoms with Gasteiger partial charge in [0.25, 0.3) is 0 Å². The van der Waals surface area contributed by atoms with E-state index < -0.39 is 23.0 Å². The van der Waals surface area contributed by atoms with Gasteiger partial charge < -0.3 is 11.1 Å². The minimum absolute atomic E-state index is 0.118. The van der Waals surface area contributed by atoms with E-state index in [0.29, 0.717) is 12.8 Å². The fourth-order valence-electron chi connectivity index (χ4n) is 2.72. The molecule has 0 radical (unpaired) electrons. The van der Waals surface area contributed by atoms with Crippen LogP contribution in [0.2, 0.25) is 0 Å². The number of hydrogen-bond donors (Lipinski definition) is 2. The Morgan fingerprint density at radius 3 is 2.43 bits per heavy atom. The molecule has 3 nitrogen and oxygen atoms in total. The summed E-state index contributed by atoms with van der Waals surface area (Å²) in [6, 6.07) is 2.04. The van der Waals surface area contributed by atoms with Gasteiger partial charge in [-0.15, -0.1) is 0 Å². The van der Waals surface area contributed by atoms with Crippen LogP contribution in [-0.4, -0.2) is 10.9 Å². The molecule has 1 fully saturated rings. The highest BCUT2D eigenvalue weighted by atomic mass is 32.1. The number of amides is 1. The molecule has 1 aliphatic carbocycles. The summed E-state index contributed by atoms with van der Waals surface area (Å²) in [5, 5.41) is 2.45. The third-order valence-corrected chi connectivity index (χ3v) is 4.50. The average molecular weight is 312 g/mol. The van der Waals surface area contributed by atoms with Crippen LogP contribution in [0.3, 0.4) is 0 Å². The molecule has 114 valence electrons. The van der Waals surface area contributed by atoms with Gasteiger partial charge in [0, 0.05) is 6.07 Å². The van der Waals surface area contributed by atoms with Crippen LogP contribution in [0, 0.1) is 24.0 Å². The Labute approximate surface area is 127 Å². The largest absolute Gasteiger partial charge is 0.392 e. The maximum atomic E-state index is 13.8. The van der Waals surface area contributed by atoms with Crippen LogP contribution in [0.5, 0.6) is 0 Å². The minimum atomic E-state index is -0.957. The van der Waals surface area contributed by atoms with Crippen molar-refractivity contribution in [3.63, 3.8) is 0 Å². The topological polar surface area (TPSA) is 55.1 Å². The molecule has 0 spiro atoms. The van der Waals surface area contributed by atoms with Crippen molar-refractivity contribution in [2.45, 2.75) is 39.0 Å². The molecule has 0 aliphatic heterocycles. The van der Waals surface area contributed by atoms with Crippen LogP contribution < -0.4 is 11.1 Å². The predicted molar refractivity (Wildman–Crippen MR) is 82.0 cm³/mol. The number of rotatable bonds is 3. The Balaban J connectivity index is 2.27. The fourth-order valence-corrected chi connectivity index (χ4v) is 3.02. The average Bonchev–Trinajstić information content (AvgIpc) is 2.45. The summed E-state index contributed by atoms with van der Waals surface area (Å²) in [7, 11) is 0. The van der Waals surface area contributed by atoms with Gasteiger partial charge in [-0.2, -0.15) is 0 Å². The first-order valence-electron chi connectivity index (χ1n) is 6.94. The van der Waals surface area contributed by atoms with E-state index in [0.717, 1.165) is 31.4 Å². The number of aryl methyl sites for hydroxylation is 1. The Hall–Kier alpha value is -1.56. The lowest BCUT2D eigenvalue weighted by atomic mass is 9.73. The van der Waals surface area contributed by atoms with E-state index >= 15 is 0 Å². The van der Waals surface area contributed by atoms with E-state index in [1.54, 1.807) is 0 Å². The van der Waals surface area contributed by atoms with Crippen molar-refractivity contribution in [2.24, 2.45) is 11.1 Å². The number of nitrogens with one attached hydrogen (secondary N) is 1. The van der Waals surface area contributed by atoms with Crippen molar-refractivity contribution >= 4 is 28.8 Å². The summed E-state index contributed by atoms with van der Waals surface area (Å²) in [5.74, 6) is -1.69. The van der Waals surface area contributed by atoms with Crippen molar-refractivity contribution in [3.8, 4) is 0 Å². The number of carbonyl (C=O) groups excluding carboxylic acids is 1. The lowest BCUT2D eigenvalue weighted by molar-refractivity contribution is -0.123. The van der Waals surface area contributed by atoms with Gasteiger partial charge in [0.1, 0.15) is 11.6 Å². The standard InChI is InChI=1S/C15H18F2N2OS/c1-9-7-11(17)12(8-10(9)16)19-14(20)15(13(18)21)5-3-2-4-6-15/h7-8H,2-6H2,1H3,(H2,18,21)(H,19,20). The Kier molecular flexibility index (Phi) is 4.56. The third-order valence-electron chi connectivity index (χ3n) is 4.11. The summed E-state index contributed by atoms with van der Waals surface area (Å²) >= 11 is 5.05. The second-order valence-electron chi connectivity index (χ2n) is 5.54. The quantitative estimate of drug-likeness (QED) is 0.841. The number of benzene rings is 1. The Morgan fingerprint density at radius 1 is 1.24 bits per heavy atom. The number of nitrogens with two attached hydrogens (primary N) is 1. The van der Waals surface area contributed by atoms with E-state index in [-0.39, 0.29) is 16.2 Å². The molecular formula is C15H18F2N2OS. The number of halogens is 2. The molecule has 0 heterocycles. The number of carbonyl (C=O) groups is 1. The lowest BCUT2D eigenvalue weighted by Gasteiger charge is -2.34. The van der Waals surface area contributed by atoms with Gasteiger partial charge in [-0.1, -0.05) is 31.5 Å². The molecule has 0 atom stereocenters. The fraction of sp³-hybridized carbons (Fsp3) is 0.467. The third kappa shape index (κ3) is 3.05. The monoisotopic (exact) mass is 312 g/mol. The first kappa shape index (κ1) is 15.8. The summed E-state index contributed by atoms with van der Waals surface area (Å²) in [6.45, 7) is 1.46. The molecule has 3 N–H and O–H groups in total. The van der Waals surface area contributed by atoms with Gasteiger partial charge in [0.05, 0.1) is 16.1 Å². The smallest absolute Gasteiger partial charge is 0.237 e. The zero-order valence-corrected chi connectivity index (χ0v) is 12.7. The van der Waals surface area contributed by atoms with E-state index in [9.17, 15) is 13.6 Å². The number of hydrogen-bond acceptors (Lipinski definition) is 2. The van der Waals surface area contributed by atoms with Crippen LogP contribution in [0.4, 0.5) is 14.5 Å². The molecule has 1 aliphatic rings. The highest BCUT2D eigenvalue weighted by molar-refractivity contribution is 7.80. The zero-order chi connectivity index (χ0) is 15.6. The molecule has 1 aromatic carbocycles. The summed E-state index contributed by atoms with van der Waals surface area (Å²) in [5.41, 5.74) is 4.81. The van der Waals surface area contributed by atoms with Crippen molar-refractivity contribution in [2.75, 3.05) is 5.32 Å². The Bertz CT molecular complexity index is 583. The first-order valence-corrected chi connectivity index (χ1v) is 7.34. The maximum absolute atomic E-state index is 13.8. The normalized spacial score (nSPS) is 17.3. The molecule has 0 bridgehead atoms. The SMILES string of the molecule is Cc1cc(F)c(NC(=O)C2(C(N)=S)CCCCC2)cc1F. The van der Waals surface area contributed by atoms with Crippen LogP contribution in [-0.2, 0) is 4.79 Å². The van der Waals surface area contributed by atoms with Crippen molar-refractivity contribution in [3.05, 3.63) is 29.3 Å². The van der Waals surface area contributed by atoms with E-state index in [2.05, 4.69) is 5.32 Å². The van der Waals surface area contributed by atoms with Gasteiger partial charge in [-0.05, 0) is 31.4 Å². The van der Waals surface area contributed by atoms with E-state index in [1.807, 2.05) is 0 Å². The van der Waals surface area contributed by atoms with Gasteiger partial charge in [0.15, 0.2) is 0 Å². The molecule has 1 saturated carbocycles. The van der Waals surface area contributed by atoms with Gasteiger partial charge in [-0.25, -0.2) is 8.78 Å². The molecule has 2 rings (SSSR count). The van der Waals surface area contributed by atoms with Crippen molar-refractivity contribution in [1.82, 2.24) is 0 Å². The zero-order valence-electron chi connectivity index (χ0n) is 11.8. The van der Waals surface area contributed by atoms with Gasteiger partial charge in [-0.3, -0.25) is 4.79 Å². The summed E-state index contributed by atoms with van der Waals surface area (Å²) in [4.78, 5) is 12.6. The summed E-state index contributed by atoms with van der Waals surface area (Å²) in [6.07, 6.45) is 3.80. The molecule has 21 heavy (non-hydrogen) atoms. The number of thiocarbonyl (C=S) groups is 1. The maximum Gasteiger partial charge on any atom is 0.237 e. The van der Waals surface area contributed by atoms with Crippen LogP contribution >= 0.6 is 12.2 Å². The first-order chi connectivity index (χ1) is 9.86. The van der Waals surface area contributed by atoms with Crippen molar-refractivity contribution < 1.29 is 13.6 Å². The summed E-state index contributed by atoms with van der Waals surface area (Å²) < 4.78 is 27.4. The minimum Gasteiger partial charge on any atom is -0.392 e. The van der Waals surface area contributed by atoms with Crippen LogP contribution in [0.25, 0.3) is 0 Å². The Morgan fingerprint density at radius 2 is 1.86 bits per heavy atom. The van der Waals surface area contributed by atoms with Crippen LogP contribution in [0.15, 0.2) is 12.1 Å². The van der Waals surface area contributed by atoms with Crippen molar-refractivity contribution in [1.29, 1.82) is 0 Å².